The van der Waals surface area contributed by atoms with Gasteiger partial charge in [-0.2, -0.15) is 92.2 Å². The minimum absolute atomic E-state index is 0. The van der Waals surface area contributed by atoms with Gasteiger partial charge in [-0.1, -0.05) is 62.3 Å². The maximum absolute atomic E-state index is 12.8. The number of ketones is 6. The van der Waals surface area contributed by atoms with Crippen LogP contribution in [0.15, 0.2) is 0 Å². The summed E-state index contributed by atoms with van der Waals surface area (Å²) in [5.74, 6) is -50.2. The molecule has 28 heteroatoms. The van der Waals surface area contributed by atoms with Crippen molar-refractivity contribution < 1.29 is 138 Å². The molecule has 0 amide bonds. The first-order valence-electron chi connectivity index (χ1n) is 14.4. The molecule has 0 saturated heterocycles. The number of carbonyl (C=O) groups excluding carboxylic acids is 6. The zero-order valence-corrected chi connectivity index (χ0v) is 31.5. The Morgan fingerprint density at radius 2 is 0.397 bits per heavy atom. The van der Waals surface area contributed by atoms with E-state index >= 15 is 0 Å². The number of hydrogen-bond donors (Lipinski definition) is 0. The van der Waals surface area contributed by atoms with Gasteiger partial charge in [0, 0.05) is 17.3 Å². The normalized spacial score (nSPS) is 14.0. The van der Waals surface area contributed by atoms with Gasteiger partial charge < -0.3 is 28.8 Å². The number of alkyl halides is 21. The number of carbonyl (C=O) groups is 6. The molecule has 342 valence electrons. The van der Waals surface area contributed by atoms with Crippen LogP contribution in [0, 0.1) is 35.5 Å². The molecule has 0 aliphatic rings. The van der Waals surface area contributed by atoms with Crippen molar-refractivity contribution in [2.75, 3.05) is 0 Å². The molecule has 0 aliphatic carbocycles. The Bertz CT molecular complexity index is 1310. The first-order chi connectivity index (χ1) is 24.1. The van der Waals surface area contributed by atoms with Crippen LogP contribution < -0.4 is 0 Å². The number of hydrogen-bond acceptors (Lipinski definition) is 6. The molecule has 0 N–H and O–H groups in total. The Balaban J connectivity index is -0.000000374. The van der Waals surface area contributed by atoms with Crippen LogP contribution in [0.4, 0.5) is 92.2 Å². The van der Waals surface area contributed by atoms with Crippen LogP contribution in [0.25, 0.3) is 0 Å². The van der Waals surface area contributed by atoms with Gasteiger partial charge in [0.2, 0.25) is 0 Å². The van der Waals surface area contributed by atoms with Gasteiger partial charge in [0.1, 0.15) is 0 Å². The smallest absolute Gasteiger partial charge is 0.333 e. The van der Waals surface area contributed by atoms with E-state index in [1.807, 2.05) is 0 Å². The molecule has 0 fully saturated rings. The fourth-order valence-corrected chi connectivity index (χ4v) is 2.28. The van der Waals surface area contributed by atoms with E-state index in [2.05, 4.69) is 0 Å². The summed E-state index contributed by atoms with van der Waals surface area (Å²) in [5.41, 5.74) is -4.09. The molecule has 0 unspecified atom stereocenters. The van der Waals surface area contributed by atoms with Crippen molar-refractivity contribution in [3.05, 3.63) is 19.3 Å². The third-order valence-corrected chi connectivity index (χ3v) is 6.18. The molecule has 0 saturated carbocycles. The maximum atomic E-state index is 12.8. The number of halogens is 21. The van der Waals surface area contributed by atoms with Crippen molar-refractivity contribution in [1.82, 2.24) is 0 Å². The van der Waals surface area contributed by atoms with Crippen molar-refractivity contribution in [3.63, 3.8) is 0 Å². The minimum Gasteiger partial charge on any atom is -0.333 e. The average molecular weight is 944 g/mol. The van der Waals surface area contributed by atoms with Crippen LogP contribution >= 0.6 is 0 Å². The largest absolute Gasteiger partial charge is 3.00 e. The molecule has 0 spiro atoms. The molecule has 0 rings (SSSR count). The summed E-state index contributed by atoms with van der Waals surface area (Å²) >= 11 is 0. The SMILES string of the molecule is CC(C)(C)C(=O)[CH-]C(=O)C(F)(F)C(F)(F)C(F)(F)F.CC(C)(C)C(=O)[CH-]C(=O)C(F)(F)C(F)(F)C(F)(F)F.CC(C)(C)C(=O)[CH-]C(=O)C(F)(F)C(F)(F)C(F)(F)F.[Co+3]. The summed E-state index contributed by atoms with van der Waals surface area (Å²) in [5, 5.41) is 0. The second-order valence-electron chi connectivity index (χ2n) is 14.3. The van der Waals surface area contributed by atoms with Crippen LogP contribution in [0.2, 0.25) is 0 Å². The monoisotopic (exact) mass is 944 g/mol. The van der Waals surface area contributed by atoms with Gasteiger partial charge in [0.15, 0.2) is 0 Å². The van der Waals surface area contributed by atoms with Crippen LogP contribution in [-0.4, -0.2) is 88.8 Å². The van der Waals surface area contributed by atoms with Crippen molar-refractivity contribution in [1.29, 1.82) is 0 Å². The molecule has 0 aliphatic heterocycles. The van der Waals surface area contributed by atoms with Crippen LogP contribution in [-0.2, 0) is 45.5 Å². The Labute approximate surface area is 324 Å². The van der Waals surface area contributed by atoms with Crippen molar-refractivity contribution in [2.24, 2.45) is 16.2 Å². The first-order valence-corrected chi connectivity index (χ1v) is 14.4. The zero-order chi connectivity index (χ0) is 47.6. The van der Waals surface area contributed by atoms with Gasteiger partial charge in [0.05, 0.1) is 17.3 Å². The molecular formula is C30H30CoF21O6. The molecule has 0 bridgehead atoms. The summed E-state index contributed by atoms with van der Waals surface area (Å²) < 4.78 is 258. The molecule has 6 nitrogen and oxygen atoms in total. The summed E-state index contributed by atoms with van der Waals surface area (Å²) in [6, 6.07) is 0. The molecule has 0 aromatic carbocycles. The maximum Gasteiger partial charge on any atom is 3.00 e. The Kier molecular flexibility index (Phi) is 19.6. The summed E-state index contributed by atoms with van der Waals surface area (Å²) in [7, 11) is 0. The number of rotatable bonds is 12. The Morgan fingerprint density at radius 3 is 0.483 bits per heavy atom. The number of Topliss-reactive ketones (excluding diaryl/α,β-unsaturated/α-hetero) is 6. The molecule has 0 aromatic heterocycles. The van der Waals surface area contributed by atoms with E-state index < -0.39 is 124 Å². The molecule has 58 heavy (non-hydrogen) atoms. The third kappa shape index (κ3) is 14.4. The molecular weight excluding hydrogens is 914 g/mol. The molecule has 0 aromatic rings. The van der Waals surface area contributed by atoms with Crippen molar-refractivity contribution in [2.45, 2.75) is 116 Å². The fourth-order valence-electron chi connectivity index (χ4n) is 2.28. The van der Waals surface area contributed by atoms with Gasteiger partial charge in [-0.3, -0.25) is 19.3 Å². The second kappa shape index (κ2) is 18.5. The van der Waals surface area contributed by atoms with Gasteiger partial charge in [-0.25, -0.2) is 0 Å². The van der Waals surface area contributed by atoms with Gasteiger partial charge in [-0.05, 0) is 16.2 Å². The molecule has 0 radical (unpaired) electrons. The zero-order valence-electron chi connectivity index (χ0n) is 30.5. The topological polar surface area (TPSA) is 102 Å². The molecule has 0 heterocycles. The van der Waals surface area contributed by atoms with Gasteiger partial charge in [0.25, 0.3) is 0 Å². The van der Waals surface area contributed by atoms with Crippen molar-refractivity contribution >= 4 is 34.7 Å². The minimum atomic E-state index is -6.61. The van der Waals surface area contributed by atoms with E-state index in [-0.39, 0.29) is 16.8 Å². The van der Waals surface area contributed by atoms with Gasteiger partial charge >= 0.3 is 70.8 Å². The first kappa shape index (κ1) is 61.3. The third-order valence-electron chi connectivity index (χ3n) is 6.18. The van der Waals surface area contributed by atoms with Gasteiger partial charge in [-0.15, -0.1) is 0 Å². The van der Waals surface area contributed by atoms with E-state index in [0.717, 1.165) is 0 Å². The molecule has 0 atom stereocenters. The van der Waals surface area contributed by atoms with E-state index in [9.17, 15) is 121 Å². The second-order valence-corrected chi connectivity index (χ2v) is 14.3. The van der Waals surface area contributed by atoms with Crippen molar-refractivity contribution in [3.8, 4) is 0 Å². The Hall–Kier alpha value is -3.33. The van der Waals surface area contributed by atoms with Crippen LogP contribution in [0.5, 0.6) is 0 Å². The Morgan fingerprint density at radius 1 is 0.276 bits per heavy atom. The van der Waals surface area contributed by atoms with Crippen LogP contribution in [0.3, 0.4) is 0 Å². The predicted octanol–water partition coefficient (Wildman–Crippen LogP) is 9.62. The quantitative estimate of drug-likeness (QED) is 0.110. The van der Waals surface area contributed by atoms with E-state index in [4.69, 9.17) is 0 Å². The fraction of sp³-hybridized carbons (Fsp3) is 0.700. The average Bonchev–Trinajstić information content (AvgIpc) is 2.93. The van der Waals surface area contributed by atoms with E-state index in [0.29, 0.717) is 0 Å². The summed E-state index contributed by atoms with van der Waals surface area (Å²) in [6.07, 6.45) is -21.1. The van der Waals surface area contributed by atoms with E-state index in [1.165, 1.54) is 62.3 Å². The summed E-state index contributed by atoms with van der Waals surface area (Å²) in [6.45, 7) is 10.6. The summed E-state index contributed by atoms with van der Waals surface area (Å²) in [4.78, 5) is 65.9. The van der Waals surface area contributed by atoms with E-state index in [1.54, 1.807) is 0 Å². The predicted molar refractivity (Wildman–Crippen MR) is 149 cm³/mol. The van der Waals surface area contributed by atoms with Crippen LogP contribution in [0.1, 0.15) is 62.3 Å². The standard InChI is InChI=1S/3C10H10F7O2.Co/c3*1-7(2,3)5(18)4-6(19)8(11,12)9(13,14)10(15,16)17;/h3*4H,1-3H3;/q3*-1;+3.